The van der Waals surface area contributed by atoms with Crippen molar-refractivity contribution in [1.82, 2.24) is 0 Å². The van der Waals surface area contributed by atoms with Gasteiger partial charge in [0.2, 0.25) is 5.79 Å². The van der Waals surface area contributed by atoms with Crippen LogP contribution in [0.2, 0.25) is 0 Å². The minimum Gasteiger partial charge on any atom is -0.478 e. The lowest BCUT2D eigenvalue weighted by Gasteiger charge is -2.41. The Labute approximate surface area is 172 Å². The number of rotatable bonds is 13. The molecular formula is C22H34O7. The molecule has 1 rings (SSSR count). The second kappa shape index (κ2) is 10.7. The summed E-state index contributed by atoms with van der Waals surface area (Å²) in [6.07, 6.45) is 6.05. The lowest BCUT2D eigenvalue weighted by molar-refractivity contribution is -0.302. The van der Waals surface area contributed by atoms with E-state index in [1.807, 2.05) is 19.9 Å². The van der Waals surface area contributed by atoms with Gasteiger partial charge in [0.15, 0.2) is 0 Å². The Balaban J connectivity index is 3.81. The number of hydrogen-bond donors (Lipinski definition) is 3. The Morgan fingerprint density at radius 1 is 0.897 bits per heavy atom. The first-order valence-corrected chi connectivity index (χ1v) is 10.1. The van der Waals surface area contributed by atoms with Crippen molar-refractivity contribution in [2.24, 2.45) is 0 Å². The van der Waals surface area contributed by atoms with Crippen molar-refractivity contribution in [3.63, 3.8) is 0 Å². The van der Waals surface area contributed by atoms with Crippen LogP contribution in [0.1, 0.15) is 68.7 Å². The molecule has 0 saturated carbocycles. The molecule has 29 heavy (non-hydrogen) atoms. The zero-order valence-corrected chi connectivity index (χ0v) is 18.1. The molecule has 0 atom stereocenters. The highest BCUT2D eigenvalue weighted by Gasteiger charge is 2.66. The molecule has 0 aromatic heterocycles. The van der Waals surface area contributed by atoms with E-state index in [2.05, 4.69) is 6.92 Å². The van der Waals surface area contributed by atoms with E-state index < -0.39 is 23.3 Å². The van der Waals surface area contributed by atoms with Gasteiger partial charge in [0.25, 0.3) is 0 Å². The van der Waals surface area contributed by atoms with Gasteiger partial charge in [0.1, 0.15) is 0 Å². The third kappa shape index (κ3) is 4.47. The Kier molecular flexibility index (Phi) is 9.26. The zero-order valence-electron chi connectivity index (χ0n) is 18.1. The van der Waals surface area contributed by atoms with Crippen LogP contribution >= 0.6 is 0 Å². The van der Waals surface area contributed by atoms with E-state index in [1.54, 1.807) is 6.07 Å². The monoisotopic (exact) mass is 410 g/mol. The zero-order chi connectivity index (χ0) is 22.2. The predicted octanol–water partition coefficient (Wildman–Crippen LogP) is 3.28. The standard InChI is InChI=1S/C22H34O7/c1-6-9-10-11-12-17-16(8-3)15(7-2)13-14-18(17)22(28-4,29-5)21(27,19(23)24)20(25)26/h13-14,27H,6-12H2,1-5H3,(H,23,24)(H,25,26). The molecule has 164 valence electrons. The van der Waals surface area contributed by atoms with Gasteiger partial charge in [0, 0.05) is 19.8 Å². The number of ether oxygens (including phenoxy) is 2. The Bertz CT molecular complexity index is 693. The molecule has 1 aromatic carbocycles. The van der Waals surface area contributed by atoms with E-state index in [0.29, 0.717) is 12.8 Å². The molecular weight excluding hydrogens is 376 g/mol. The molecule has 0 fully saturated rings. The van der Waals surface area contributed by atoms with Gasteiger partial charge in [-0.3, -0.25) is 0 Å². The van der Waals surface area contributed by atoms with Crippen LogP contribution < -0.4 is 0 Å². The number of hydrogen-bond acceptors (Lipinski definition) is 5. The molecule has 0 amide bonds. The molecule has 7 nitrogen and oxygen atoms in total. The molecule has 0 bridgehead atoms. The van der Waals surface area contributed by atoms with Crippen molar-refractivity contribution in [1.29, 1.82) is 0 Å². The first-order chi connectivity index (χ1) is 13.7. The van der Waals surface area contributed by atoms with Crippen molar-refractivity contribution in [2.75, 3.05) is 14.2 Å². The third-order valence-corrected chi connectivity index (χ3v) is 5.57. The summed E-state index contributed by atoms with van der Waals surface area (Å²) in [6.45, 7) is 6.14. The summed E-state index contributed by atoms with van der Waals surface area (Å²) in [4.78, 5) is 23.8. The normalized spacial score (nSPS) is 12.2. The molecule has 0 radical (unpaired) electrons. The summed E-state index contributed by atoms with van der Waals surface area (Å²) >= 11 is 0. The molecule has 0 unspecified atom stereocenters. The van der Waals surface area contributed by atoms with Gasteiger partial charge in [0.05, 0.1) is 0 Å². The lowest BCUT2D eigenvalue weighted by Crippen LogP contribution is -2.64. The summed E-state index contributed by atoms with van der Waals surface area (Å²) in [5.74, 6) is -6.31. The third-order valence-electron chi connectivity index (χ3n) is 5.57. The van der Waals surface area contributed by atoms with Crippen LogP contribution in [0.5, 0.6) is 0 Å². The maximum absolute atomic E-state index is 11.9. The first-order valence-electron chi connectivity index (χ1n) is 10.1. The minimum absolute atomic E-state index is 0.236. The van der Waals surface area contributed by atoms with Gasteiger partial charge in [-0.2, -0.15) is 0 Å². The number of carboxylic acid groups (broad SMARTS) is 2. The van der Waals surface area contributed by atoms with Crippen molar-refractivity contribution in [3.05, 3.63) is 34.4 Å². The van der Waals surface area contributed by atoms with E-state index in [0.717, 1.165) is 63.0 Å². The first kappa shape index (κ1) is 25.1. The van der Waals surface area contributed by atoms with E-state index in [1.165, 1.54) is 0 Å². The topological polar surface area (TPSA) is 113 Å². The fraction of sp³-hybridized carbons (Fsp3) is 0.636. The number of methoxy groups -OCH3 is 2. The highest BCUT2D eigenvalue weighted by atomic mass is 16.7. The average molecular weight is 411 g/mol. The van der Waals surface area contributed by atoms with Crippen LogP contribution in [0.15, 0.2) is 12.1 Å². The fourth-order valence-corrected chi connectivity index (χ4v) is 4.00. The molecule has 0 spiro atoms. The van der Waals surface area contributed by atoms with Gasteiger partial charge in [-0.1, -0.05) is 52.2 Å². The van der Waals surface area contributed by atoms with Gasteiger partial charge >= 0.3 is 17.5 Å². The number of carbonyl (C=O) groups is 2. The van der Waals surface area contributed by atoms with Crippen molar-refractivity contribution >= 4 is 11.9 Å². The van der Waals surface area contributed by atoms with Crippen molar-refractivity contribution in [3.8, 4) is 0 Å². The maximum atomic E-state index is 11.9. The Morgan fingerprint density at radius 3 is 1.90 bits per heavy atom. The molecule has 1 aromatic rings. The molecule has 0 heterocycles. The van der Waals surface area contributed by atoms with E-state index in [4.69, 9.17) is 9.47 Å². The number of unbranched alkanes of at least 4 members (excludes halogenated alkanes) is 3. The molecule has 0 aliphatic heterocycles. The summed E-state index contributed by atoms with van der Waals surface area (Å²) in [6, 6.07) is 3.44. The number of aliphatic hydroxyl groups is 1. The minimum atomic E-state index is -3.33. The fourth-order valence-electron chi connectivity index (χ4n) is 4.00. The average Bonchev–Trinajstić information content (AvgIpc) is 2.71. The SMILES string of the molecule is CCCCCCc1c(C(OC)(OC)C(O)(C(=O)O)C(=O)O)ccc(CC)c1CC. The summed E-state index contributed by atoms with van der Waals surface area (Å²) in [7, 11) is 2.28. The van der Waals surface area contributed by atoms with Gasteiger partial charge in [-0.15, -0.1) is 0 Å². The largest absolute Gasteiger partial charge is 0.478 e. The smallest absolute Gasteiger partial charge is 0.353 e. The highest BCUT2D eigenvalue weighted by molar-refractivity contribution is 6.03. The quantitative estimate of drug-likeness (QED) is 0.260. The van der Waals surface area contributed by atoms with Crippen molar-refractivity contribution < 1.29 is 34.4 Å². The van der Waals surface area contributed by atoms with Gasteiger partial charge < -0.3 is 24.8 Å². The molecule has 0 aliphatic rings. The second-order valence-electron chi connectivity index (χ2n) is 7.09. The molecule has 0 saturated heterocycles. The van der Waals surface area contributed by atoms with Crippen LogP contribution in [0.3, 0.4) is 0 Å². The lowest BCUT2D eigenvalue weighted by atomic mass is 9.79. The summed E-state index contributed by atoms with van der Waals surface area (Å²) in [5, 5.41) is 30.1. The number of benzene rings is 1. The maximum Gasteiger partial charge on any atom is 0.353 e. The molecule has 7 heteroatoms. The predicted molar refractivity (Wildman–Crippen MR) is 109 cm³/mol. The highest BCUT2D eigenvalue weighted by Crippen LogP contribution is 2.42. The van der Waals surface area contributed by atoms with E-state index >= 15 is 0 Å². The summed E-state index contributed by atoms with van der Waals surface area (Å²) in [5.41, 5.74) is -0.198. The number of aryl methyl sites for hydroxylation is 1. The van der Waals surface area contributed by atoms with Gasteiger partial charge in [-0.25, -0.2) is 9.59 Å². The Morgan fingerprint density at radius 2 is 1.48 bits per heavy atom. The second-order valence-corrected chi connectivity index (χ2v) is 7.09. The van der Waals surface area contributed by atoms with Crippen LogP contribution in [0, 0.1) is 0 Å². The van der Waals surface area contributed by atoms with Crippen LogP contribution in [0.4, 0.5) is 0 Å². The van der Waals surface area contributed by atoms with Crippen LogP contribution in [-0.4, -0.2) is 47.1 Å². The van der Waals surface area contributed by atoms with Crippen LogP contribution in [-0.2, 0) is 44.1 Å². The van der Waals surface area contributed by atoms with E-state index in [9.17, 15) is 24.9 Å². The van der Waals surface area contributed by atoms with Crippen LogP contribution in [0.25, 0.3) is 0 Å². The van der Waals surface area contributed by atoms with E-state index in [-0.39, 0.29) is 5.56 Å². The van der Waals surface area contributed by atoms with Gasteiger partial charge in [-0.05, 0) is 42.4 Å². The number of aliphatic carboxylic acids is 2. The summed E-state index contributed by atoms with van der Waals surface area (Å²) < 4.78 is 10.7. The Hall–Kier alpha value is -1.96. The molecule has 3 N–H and O–H groups in total. The number of carboxylic acids is 2. The van der Waals surface area contributed by atoms with Crippen molar-refractivity contribution in [2.45, 2.75) is 77.1 Å². The molecule has 0 aliphatic carbocycles.